The Hall–Kier alpha value is 0. The van der Waals surface area contributed by atoms with Crippen LogP contribution in [-0.2, 0) is 0 Å². The predicted octanol–water partition coefficient (Wildman–Crippen LogP) is 4.35. The van der Waals surface area contributed by atoms with Gasteiger partial charge in [-0.15, -0.1) is 0 Å². The Morgan fingerprint density at radius 3 is 0.917 bits per heavy atom. The van der Waals surface area contributed by atoms with Gasteiger partial charge >= 0.3 is 0 Å². The summed E-state index contributed by atoms with van der Waals surface area (Å²) in [5, 5.41) is 0. The normalized spacial score (nSPS) is 14.5. The molecular weight excluding hydrogens is 144 g/mol. The molecule has 0 aromatic heterocycles. The molecule has 0 aliphatic carbocycles. The molecule has 0 aromatic carbocycles. The van der Waals surface area contributed by atoms with Crippen LogP contribution in [0.4, 0.5) is 0 Å². The average molecular weight is 170 g/mol. The lowest BCUT2D eigenvalue weighted by Crippen LogP contribution is -2.42. The van der Waals surface area contributed by atoms with Crippen LogP contribution in [0.15, 0.2) is 0 Å². The molecule has 0 unspecified atom stereocenters. The summed E-state index contributed by atoms with van der Waals surface area (Å²) in [6.07, 6.45) is 0. The van der Waals surface area contributed by atoms with E-state index in [1.54, 1.807) is 0 Å². The molecule has 0 nitrogen and oxygen atoms in total. The first kappa shape index (κ1) is 12.0. The molecule has 0 rings (SSSR count). The van der Waals surface area contributed by atoms with E-state index in [9.17, 15) is 0 Å². The average Bonchev–Trinajstić information content (AvgIpc) is 1.82. The Morgan fingerprint density at radius 1 is 0.667 bits per heavy atom. The molecule has 0 atom stereocenters. The van der Waals surface area contributed by atoms with E-state index in [0.29, 0.717) is 10.8 Å². The third kappa shape index (κ3) is 1.84. The van der Waals surface area contributed by atoms with Gasteiger partial charge in [-0.25, -0.2) is 0 Å². The highest BCUT2D eigenvalue weighted by Gasteiger charge is 2.42. The fraction of sp³-hybridized carbons (Fsp3) is 1.00. The van der Waals surface area contributed by atoms with Gasteiger partial charge in [-0.1, -0.05) is 55.4 Å². The van der Waals surface area contributed by atoms with Crippen molar-refractivity contribution in [2.24, 2.45) is 22.7 Å². The minimum Gasteiger partial charge on any atom is -0.0622 e. The zero-order chi connectivity index (χ0) is 10.2. The molecule has 0 N–H and O–H groups in total. The van der Waals surface area contributed by atoms with Gasteiger partial charge in [-0.3, -0.25) is 0 Å². The van der Waals surface area contributed by atoms with E-state index in [4.69, 9.17) is 0 Å². The molecule has 0 aliphatic heterocycles. The minimum absolute atomic E-state index is 0.398. The second-order valence-corrected chi connectivity index (χ2v) is 5.84. The fourth-order valence-corrected chi connectivity index (χ4v) is 2.40. The summed E-state index contributed by atoms with van der Waals surface area (Å²) in [6, 6.07) is 0. The van der Waals surface area contributed by atoms with Crippen molar-refractivity contribution < 1.29 is 0 Å². The second-order valence-electron chi connectivity index (χ2n) is 5.84. The summed E-state index contributed by atoms with van der Waals surface area (Å²) >= 11 is 0. The summed E-state index contributed by atoms with van der Waals surface area (Å²) in [5.74, 6) is 1.50. The second kappa shape index (κ2) is 3.40. The lowest BCUT2D eigenvalue weighted by molar-refractivity contribution is 0.00133. The van der Waals surface area contributed by atoms with Gasteiger partial charge in [0, 0.05) is 0 Å². The van der Waals surface area contributed by atoms with Gasteiger partial charge in [0.05, 0.1) is 0 Å². The molecule has 0 spiro atoms. The van der Waals surface area contributed by atoms with Crippen LogP contribution < -0.4 is 0 Å². The van der Waals surface area contributed by atoms with Gasteiger partial charge in [0.15, 0.2) is 0 Å². The van der Waals surface area contributed by atoms with Crippen LogP contribution in [0, 0.1) is 22.7 Å². The summed E-state index contributed by atoms with van der Waals surface area (Å²) < 4.78 is 0. The van der Waals surface area contributed by atoms with Crippen LogP contribution in [0.25, 0.3) is 0 Å². The topological polar surface area (TPSA) is 0 Å². The zero-order valence-corrected chi connectivity index (χ0v) is 10.2. The van der Waals surface area contributed by atoms with E-state index in [-0.39, 0.29) is 0 Å². The lowest BCUT2D eigenvalue weighted by atomic mass is 9.56. The summed E-state index contributed by atoms with van der Waals surface area (Å²) in [5.41, 5.74) is 0.836. The van der Waals surface area contributed by atoms with Gasteiger partial charge in [0.2, 0.25) is 0 Å². The van der Waals surface area contributed by atoms with E-state index in [2.05, 4.69) is 55.4 Å². The predicted molar refractivity (Wildman–Crippen MR) is 57.2 cm³/mol. The molecule has 0 aromatic rings. The summed E-state index contributed by atoms with van der Waals surface area (Å²) in [6.45, 7) is 18.8. The Balaban J connectivity index is 4.89. The molecular formula is C12H26. The summed E-state index contributed by atoms with van der Waals surface area (Å²) in [4.78, 5) is 0. The van der Waals surface area contributed by atoms with Crippen molar-refractivity contribution in [3.05, 3.63) is 0 Å². The smallest absolute Gasteiger partial charge is 0.0231 e. The van der Waals surface area contributed by atoms with E-state index in [0.717, 1.165) is 11.8 Å². The first-order valence-corrected chi connectivity index (χ1v) is 5.14. The van der Waals surface area contributed by atoms with Gasteiger partial charge in [0.1, 0.15) is 0 Å². The molecule has 74 valence electrons. The van der Waals surface area contributed by atoms with Crippen molar-refractivity contribution in [2.75, 3.05) is 0 Å². The molecule has 0 radical (unpaired) electrons. The minimum atomic E-state index is 0.398. The van der Waals surface area contributed by atoms with Crippen LogP contribution in [0.1, 0.15) is 55.4 Å². The highest BCUT2D eigenvalue weighted by Crippen LogP contribution is 2.49. The van der Waals surface area contributed by atoms with Crippen LogP contribution in [0.2, 0.25) is 0 Å². The Labute approximate surface area is 78.8 Å². The molecule has 0 saturated heterocycles. The van der Waals surface area contributed by atoms with Crippen molar-refractivity contribution in [2.45, 2.75) is 55.4 Å². The number of hydrogen-bond donors (Lipinski definition) is 0. The van der Waals surface area contributed by atoms with Crippen molar-refractivity contribution in [3.8, 4) is 0 Å². The fourth-order valence-electron chi connectivity index (χ4n) is 2.40. The SMILES string of the molecule is CC(C)C(C)(C(C)C)C(C)(C)C. The van der Waals surface area contributed by atoms with Crippen LogP contribution in [-0.4, -0.2) is 0 Å². The third-order valence-corrected chi connectivity index (χ3v) is 4.01. The highest BCUT2D eigenvalue weighted by atomic mass is 14.5. The first-order chi connectivity index (χ1) is 5.14. The molecule has 0 heteroatoms. The van der Waals surface area contributed by atoms with Crippen molar-refractivity contribution in [3.63, 3.8) is 0 Å². The Morgan fingerprint density at radius 2 is 0.917 bits per heavy atom. The largest absolute Gasteiger partial charge is 0.0622 e. The molecule has 0 fully saturated rings. The van der Waals surface area contributed by atoms with Gasteiger partial charge in [-0.2, -0.15) is 0 Å². The number of rotatable bonds is 2. The number of hydrogen-bond acceptors (Lipinski definition) is 0. The third-order valence-electron chi connectivity index (χ3n) is 4.01. The first-order valence-electron chi connectivity index (χ1n) is 5.14. The van der Waals surface area contributed by atoms with Crippen LogP contribution >= 0.6 is 0 Å². The molecule has 0 heterocycles. The van der Waals surface area contributed by atoms with Crippen molar-refractivity contribution >= 4 is 0 Å². The monoisotopic (exact) mass is 170 g/mol. The maximum atomic E-state index is 2.42. The van der Waals surface area contributed by atoms with Crippen molar-refractivity contribution in [1.82, 2.24) is 0 Å². The summed E-state index contributed by atoms with van der Waals surface area (Å²) in [7, 11) is 0. The van der Waals surface area contributed by atoms with Crippen molar-refractivity contribution in [1.29, 1.82) is 0 Å². The quantitative estimate of drug-likeness (QED) is 0.578. The maximum Gasteiger partial charge on any atom is -0.0231 e. The molecule has 0 amide bonds. The lowest BCUT2D eigenvalue weighted by Gasteiger charge is -2.49. The molecule has 0 bridgehead atoms. The standard InChI is InChI=1S/C12H26/c1-9(2)12(8,10(3)4)11(5,6)7/h9-10H,1-8H3. The molecule has 0 saturated carbocycles. The van der Waals surface area contributed by atoms with Crippen LogP contribution in [0.3, 0.4) is 0 Å². The Bertz CT molecular complexity index is 127. The Kier molecular flexibility index (Phi) is 3.40. The van der Waals surface area contributed by atoms with Gasteiger partial charge in [0.25, 0.3) is 0 Å². The van der Waals surface area contributed by atoms with E-state index in [1.807, 2.05) is 0 Å². The molecule has 0 aliphatic rings. The van der Waals surface area contributed by atoms with Crippen LogP contribution in [0.5, 0.6) is 0 Å². The van der Waals surface area contributed by atoms with Gasteiger partial charge in [-0.05, 0) is 22.7 Å². The van der Waals surface area contributed by atoms with E-state index in [1.165, 1.54) is 0 Å². The van der Waals surface area contributed by atoms with E-state index >= 15 is 0 Å². The zero-order valence-electron chi connectivity index (χ0n) is 10.2. The van der Waals surface area contributed by atoms with Gasteiger partial charge < -0.3 is 0 Å². The highest BCUT2D eigenvalue weighted by molar-refractivity contribution is 4.91. The maximum absolute atomic E-state index is 2.42. The molecule has 12 heavy (non-hydrogen) atoms. The van der Waals surface area contributed by atoms with E-state index < -0.39 is 0 Å².